The number of morpholine rings is 1. The molecule has 156 valence electrons. The van der Waals surface area contributed by atoms with Crippen molar-refractivity contribution in [3.63, 3.8) is 0 Å². The molecule has 0 aliphatic carbocycles. The summed E-state index contributed by atoms with van der Waals surface area (Å²) in [7, 11) is 0. The lowest BCUT2D eigenvalue weighted by atomic mass is 10.2. The summed E-state index contributed by atoms with van der Waals surface area (Å²) in [6.45, 7) is 3.11. The molecular formula is C21H18ClN7OS. The number of nitriles is 1. The van der Waals surface area contributed by atoms with E-state index >= 15 is 0 Å². The van der Waals surface area contributed by atoms with Crippen LogP contribution in [0.3, 0.4) is 0 Å². The average molecular weight is 452 g/mol. The second-order valence-electron chi connectivity index (χ2n) is 7.02. The maximum Gasteiger partial charge on any atom is 0.213 e. The van der Waals surface area contributed by atoms with Gasteiger partial charge in [0.1, 0.15) is 17.5 Å². The molecule has 2 aromatic carbocycles. The van der Waals surface area contributed by atoms with Crippen molar-refractivity contribution in [3.05, 3.63) is 53.1 Å². The van der Waals surface area contributed by atoms with E-state index in [0.29, 0.717) is 29.2 Å². The second kappa shape index (κ2) is 8.07. The van der Waals surface area contributed by atoms with Crippen LogP contribution in [0.4, 0.5) is 23.0 Å². The number of ether oxygens (including phenoxy) is 1. The first-order valence-electron chi connectivity index (χ1n) is 9.67. The number of anilines is 4. The van der Waals surface area contributed by atoms with Crippen molar-refractivity contribution in [1.29, 1.82) is 5.26 Å². The third kappa shape index (κ3) is 3.77. The molecule has 3 N–H and O–H groups in total. The van der Waals surface area contributed by atoms with E-state index in [9.17, 15) is 5.26 Å². The highest BCUT2D eigenvalue weighted by molar-refractivity contribution is 7.20. The first-order valence-corrected chi connectivity index (χ1v) is 10.9. The zero-order valence-corrected chi connectivity index (χ0v) is 18.0. The van der Waals surface area contributed by atoms with Crippen molar-refractivity contribution in [2.45, 2.75) is 0 Å². The molecule has 1 saturated heterocycles. The zero-order valence-electron chi connectivity index (χ0n) is 16.4. The van der Waals surface area contributed by atoms with Crippen LogP contribution < -0.4 is 16.0 Å². The quantitative estimate of drug-likeness (QED) is 0.479. The third-order valence-corrected chi connectivity index (χ3v) is 6.27. The number of halogens is 1. The van der Waals surface area contributed by atoms with Gasteiger partial charge >= 0.3 is 0 Å². The van der Waals surface area contributed by atoms with Crippen LogP contribution in [0.2, 0.25) is 5.02 Å². The maximum atomic E-state index is 9.69. The van der Waals surface area contributed by atoms with E-state index in [1.165, 1.54) is 16.0 Å². The van der Waals surface area contributed by atoms with Crippen molar-refractivity contribution in [2.24, 2.45) is 0 Å². The molecule has 0 saturated carbocycles. The molecule has 1 aliphatic rings. The molecule has 8 nitrogen and oxygen atoms in total. The first kappa shape index (κ1) is 19.6. The van der Waals surface area contributed by atoms with Crippen molar-refractivity contribution in [1.82, 2.24) is 14.8 Å². The molecule has 0 atom stereocenters. The Morgan fingerprint density at radius 3 is 2.84 bits per heavy atom. The molecule has 0 unspecified atom stereocenters. The van der Waals surface area contributed by atoms with Gasteiger partial charge in [0.15, 0.2) is 5.82 Å². The van der Waals surface area contributed by atoms with Crippen LogP contribution in [0.15, 0.2) is 42.5 Å². The Balaban J connectivity index is 1.48. The van der Waals surface area contributed by atoms with Crippen molar-refractivity contribution < 1.29 is 4.74 Å². The molecule has 5 rings (SSSR count). The molecule has 1 aliphatic heterocycles. The molecule has 31 heavy (non-hydrogen) atoms. The minimum Gasteiger partial charge on any atom is -0.382 e. The fraction of sp³-hybridized carbons (Fsp3) is 0.190. The summed E-state index contributed by atoms with van der Waals surface area (Å²) in [6.07, 6.45) is 0. The van der Waals surface area contributed by atoms with E-state index in [0.717, 1.165) is 34.7 Å². The minimum atomic E-state index is 0.236. The summed E-state index contributed by atoms with van der Waals surface area (Å²) in [5.41, 5.74) is 9.23. The average Bonchev–Trinajstić information content (AvgIpc) is 3.34. The highest BCUT2D eigenvalue weighted by Gasteiger charge is 2.20. The number of nitrogen functional groups attached to an aromatic ring is 1. The molecule has 4 aromatic rings. The Kier molecular flexibility index (Phi) is 5.11. The van der Waals surface area contributed by atoms with E-state index in [1.807, 2.05) is 30.3 Å². The summed E-state index contributed by atoms with van der Waals surface area (Å²) in [4.78, 5) is 6.84. The zero-order chi connectivity index (χ0) is 21.4. The normalized spacial score (nSPS) is 14.0. The van der Waals surface area contributed by atoms with E-state index < -0.39 is 0 Å². The molecule has 2 aromatic heterocycles. The molecule has 0 amide bonds. The Labute approximate surface area is 187 Å². The number of fused-ring (bicyclic) bond motifs is 1. The lowest BCUT2D eigenvalue weighted by Gasteiger charge is -2.29. The van der Waals surface area contributed by atoms with Gasteiger partial charge in [-0.1, -0.05) is 29.0 Å². The van der Waals surface area contributed by atoms with Crippen molar-refractivity contribution in [2.75, 3.05) is 42.3 Å². The van der Waals surface area contributed by atoms with Crippen molar-refractivity contribution in [3.8, 4) is 11.2 Å². The predicted molar refractivity (Wildman–Crippen MR) is 124 cm³/mol. The number of nitrogens with zero attached hydrogens (tertiary/aromatic N) is 5. The molecule has 0 radical (unpaired) electrons. The third-order valence-electron chi connectivity index (χ3n) is 5.04. The Morgan fingerprint density at radius 1 is 1.19 bits per heavy atom. The lowest BCUT2D eigenvalue weighted by molar-refractivity contribution is 0.122. The Morgan fingerprint density at radius 2 is 2.03 bits per heavy atom. The summed E-state index contributed by atoms with van der Waals surface area (Å²) < 4.78 is 7.84. The summed E-state index contributed by atoms with van der Waals surface area (Å²) in [5, 5.41) is 18.7. The van der Waals surface area contributed by atoms with Gasteiger partial charge in [0, 0.05) is 29.5 Å². The van der Waals surface area contributed by atoms with E-state index in [-0.39, 0.29) is 11.4 Å². The van der Waals surface area contributed by atoms with Gasteiger partial charge in [-0.3, -0.25) is 0 Å². The van der Waals surface area contributed by atoms with Crippen LogP contribution in [0, 0.1) is 11.3 Å². The van der Waals surface area contributed by atoms with Gasteiger partial charge in [0.25, 0.3) is 0 Å². The fourth-order valence-electron chi connectivity index (χ4n) is 3.49. The molecule has 0 spiro atoms. The molecule has 1 fully saturated rings. The molecule has 3 heterocycles. The van der Waals surface area contributed by atoms with Gasteiger partial charge in [-0.05, 0) is 36.4 Å². The second-order valence-corrected chi connectivity index (χ2v) is 8.46. The predicted octanol–water partition coefficient (Wildman–Crippen LogP) is 4.17. The lowest BCUT2D eigenvalue weighted by Crippen LogP contribution is -2.36. The van der Waals surface area contributed by atoms with Crippen LogP contribution in [0.1, 0.15) is 5.56 Å². The van der Waals surface area contributed by atoms with Gasteiger partial charge in [-0.15, -0.1) is 5.10 Å². The number of aromatic nitrogens is 3. The van der Waals surface area contributed by atoms with Crippen LogP contribution in [0.25, 0.3) is 15.3 Å². The van der Waals surface area contributed by atoms with Gasteiger partial charge in [-0.2, -0.15) is 9.94 Å². The number of nitrogens with one attached hydrogen (secondary N) is 1. The number of nitrogens with two attached hydrogens (primary N) is 1. The highest BCUT2D eigenvalue weighted by Crippen LogP contribution is 2.32. The smallest absolute Gasteiger partial charge is 0.213 e. The summed E-state index contributed by atoms with van der Waals surface area (Å²) >= 11 is 7.49. The van der Waals surface area contributed by atoms with E-state index in [1.54, 1.807) is 6.07 Å². The Bertz CT molecular complexity index is 1300. The standard InChI is InChI=1S/C21H18ClN7OS/c22-13-4-5-17-18(10-13)31-21(26-17)29-19(24)16(12-23)20(27-29)25-14-2-1-3-15(11-14)28-6-8-30-9-7-28/h1-5,10-11H,6-9,24H2,(H,25,27). The number of rotatable bonds is 4. The topological polar surface area (TPSA) is 105 Å². The van der Waals surface area contributed by atoms with Gasteiger partial charge in [0.05, 0.1) is 23.4 Å². The summed E-state index contributed by atoms with van der Waals surface area (Å²) in [6, 6.07) is 15.6. The highest BCUT2D eigenvalue weighted by atomic mass is 35.5. The number of hydrogen-bond donors (Lipinski definition) is 2. The Hall–Kier alpha value is -3.32. The van der Waals surface area contributed by atoms with Crippen molar-refractivity contribution >= 4 is 56.2 Å². The summed E-state index contributed by atoms with van der Waals surface area (Å²) in [5.74, 6) is 0.621. The van der Waals surface area contributed by atoms with Gasteiger partial charge in [0.2, 0.25) is 5.13 Å². The molecular weight excluding hydrogens is 434 g/mol. The van der Waals surface area contributed by atoms with E-state index in [4.69, 9.17) is 22.1 Å². The van der Waals surface area contributed by atoms with E-state index in [2.05, 4.69) is 32.4 Å². The van der Waals surface area contributed by atoms with Crippen LogP contribution >= 0.6 is 22.9 Å². The number of benzene rings is 2. The fourth-order valence-corrected chi connectivity index (χ4v) is 4.70. The monoisotopic (exact) mass is 451 g/mol. The van der Waals surface area contributed by atoms with Crippen LogP contribution in [-0.2, 0) is 4.74 Å². The minimum absolute atomic E-state index is 0.236. The SMILES string of the molecule is N#Cc1c(Nc2cccc(N3CCOCC3)c2)nn(-c2nc3ccc(Cl)cc3s2)c1N. The maximum absolute atomic E-state index is 9.69. The van der Waals surface area contributed by atoms with Gasteiger partial charge in [-0.25, -0.2) is 4.98 Å². The van der Waals surface area contributed by atoms with Crippen LogP contribution in [-0.4, -0.2) is 41.1 Å². The molecule has 10 heteroatoms. The van der Waals surface area contributed by atoms with Crippen LogP contribution in [0.5, 0.6) is 0 Å². The van der Waals surface area contributed by atoms with Gasteiger partial charge < -0.3 is 20.7 Å². The molecule has 0 bridgehead atoms. The first-order chi connectivity index (χ1) is 15.1. The number of thiazole rings is 1. The number of hydrogen-bond acceptors (Lipinski definition) is 8. The largest absolute Gasteiger partial charge is 0.382 e.